The first kappa shape index (κ1) is 14.6. The van der Waals surface area contributed by atoms with Crippen LogP contribution in [0.15, 0.2) is 45.8 Å². The van der Waals surface area contributed by atoms with Gasteiger partial charge in [0.2, 0.25) is 0 Å². The van der Waals surface area contributed by atoms with Gasteiger partial charge >= 0.3 is 0 Å². The second kappa shape index (κ2) is 5.14. The molecule has 0 saturated carbocycles. The van der Waals surface area contributed by atoms with Gasteiger partial charge in [0.05, 0.1) is 5.69 Å². The lowest BCUT2D eigenvalue weighted by Gasteiger charge is -2.21. The number of fused-ring (bicyclic) bond motifs is 1. The molecule has 0 bridgehead atoms. The molecule has 1 aliphatic rings. The van der Waals surface area contributed by atoms with E-state index in [0.29, 0.717) is 15.9 Å². The van der Waals surface area contributed by atoms with Crippen LogP contribution in [0.3, 0.4) is 0 Å². The zero-order valence-corrected chi connectivity index (χ0v) is 14.3. The molecule has 0 spiro atoms. The fourth-order valence-corrected chi connectivity index (χ4v) is 5.34. The third-order valence-electron chi connectivity index (χ3n) is 3.96. The Kier molecular flexibility index (Phi) is 3.58. The van der Waals surface area contributed by atoms with Crippen LogP contribution in [-0.2, 0) is 16.4 Å². The molecule has 110 valence electrons. The molecule has 1 aliphatic heterocycles. The summed E-state index contributed by atoms with van der Waals surface area (Å²) in [5.74, 6) is 0. The first-order chi connectivity index (χ1) is 9.91. The molecule has 0 aromatic heterocycles. The van der Waals surface area contributed by atoms with Gasteiger partial charge < -0.3 is 0 Å². The molecule has 3 nitrogen and oxygen atoms in total. The second-order valence-corrected chi connectivity index (χ2v) is 8.01. The molecule has 0 radical (unpaired) electrons. The standard InChI is InChI=1S/C16H16BrNO2S/c1-11-9-14(17)16(10-12(11)2)21(19,20)18-8-7-13-5-3-4-6-15(13)18/h3-6,9-10H,7-8H2,1-2H3. The fraction of sp³-hybridized carbons (Fsp3) is 0.250. The maximum Gasteiger partial charge on any atom is 0.265 e. The minimum Gasteiger partial charge on any atom is -0.266 e. The number of nitrogens with zero attached hydrogens (tertiary/aromatic N) is 1. The van der Waals surface area contributed by atoms with Crippen LogP contribution in [0.1, 0.15) is 16.7 Å². The molecule has 1 heterocycles. The van der Waals surface area contributed by atoms with E-state index in [-0.39, 0.29) is 0 Å². The number of sulfonamides is 1. The Hall–Kier alpha value is -1.33. The third-order valence-corrected chi connectivity index (χ3v) is 6.73. The quantitative estimate of drug-likeness (QED) is 0.811. The van der Waals surface area contributed by atoms with E-state index < -0.39 is 10.0 Å². The fourth-order valence-electron chi connectivity index (χ4n) is 2.63. The monoisotopic (exact) mass is 365 g/mol. The van der Waals surface area contributed by atoms with E-state index in [1.54, 1.807) is 6.07 Å². The number of halogens is 1. The minimum absolute atomic E-state index is 0.335. The summed E-state index contributed by atoms with van der Waals surface area (Å²) in [7, 11) is -3.54. The van der Waals surface area contributed by atoms with Crippen molar-refractivity contribution in [3.05, 3.63) is 57.6 Å². The van der Waals surface area contributed by atoms with Crippen molar-refractivity contribution in [3.8, 4) is 0 Å². The van der Waals surface area contributed by atoms with E-state index in [1.165, 1.54) is 4.31 Å². The van der Waals surface area contributed by atoms with Crippen LogP contribution in [0.2, 0.25) is 0 Å². The summed E-state index contributed by atoms with van der Waals surface area (Å²) in [4.78, 5) is 0.335. The van der Waals surface area contributed by atoms with Gasteiger partial charge in [-0.15, -0.1) is 0 Å². The van der Waals surface area contributed by atoms with Gasteiger partial charge in [-0.05, 0) is 71.1 Å². The number of hydrogen-bond acceptors (Lipinski definition) is 2. The third kappa shape index (κ3) is 2.38. The molecule has 0 unspecified atom stereocenters. The van der Waals surface area contributed by atoms with Gasteiger partial charge in [-0.3, -0.25) is 4.31 Å². The molecule has 3 rings (SSSR count). The number of aryl methyl sites for hydroxylation is 2. The van der Waals surface area contributed by atoms with Crippen LogP contribution in [0, 0.1) is 13.8 Å². The molecule has 0 aliphatic carbocycles. The average molecular weight is 366 g/mol. The zero-order chi connectivity index (χ0) is 15.2. The Morgan fingerprint density at radius 3 is 2.52 bits per heavy atom. The Balaban J connectivity index is 2.13. The highest BCUT2D eigenvalue weighted by molar-refractivity contribution is 9.10. The van der Waals surface area contributed by atoms with E-state index in [2.05, 4.69) is 15.9 Å². The van der Waals surface area contributed by atoms with Crippen LogP contribution in [0.25, 0.3) is 0 Å². The normalized spacial score (nSPS) is 14.3. The van der Waals surface area contributed by atoms with Crippen molar-refractivity contribution in [2.45, 2.75) is 25.2 Å². The highest BCUT2D eigenvalue weighted by Crippen LogP contribution is 2.35. The highest BCUT2D eigenvalue weighted by Gasteiger charge is 2.32. The molecule has 2 aromatic carbocycles. The summed E-state index contributed by atoms with van der Waals surface area (Å²) in [6.45, 7) is 4.40. The molecular formula is C16H16BrNO2S. The summed E-state index contributed by atoms with van der Waals surface area (Å²) in [5.41, 5.74) is 3.93. The lowest BCUT2D eigenvalue weighted by Crippen LogP contribution is -2.29. The molecule has 2 aromatic rings. The number of rotatable bonds is 2. The van der Waals surface area contributed by atoms with Gasteiger partial charge in [0.15, 0.2) is 0 Å². The van der Waals surface area contributed by atoms with Crippen LogP contribution in [0.4, 0.5) is 5.69 Å². The van der Waals surface area contributed by atoms with Gasteiger partial charge in [-0.1, -0.05) is 18.2 Å². The highest BCUT2D eigenvalue weighted by atomic mass is 79.9. The number of para-hydroxylation sites is 1. The van der Waals surface area contributed by atoms with Crippen molar-refractivity contribution in [2.24, 2.45) is 0 Å². The maximum absolute atomic E-state index is 13.0. The maximum atomic E-state index is 13.0. The topological polar surface area (TPSA) is 37.4 Å². The molecule has 0 fully saturated rings. The summed E-state index contributed by atoms with van der Waals surface area (Å²) in [5, 5.41) is 0. The SMILES string of the molecule is Cc1cc(Br)c(S(=O)(=O)N2CCc3ccccc32)cc1C. The van der Waals surface area contributed by atoms with Crippen molar-refractivity contribution < 1.29 is 8.42 Å². The predicted octanol–water partition coefficient (Wildman–Crippen LogP) is 3.82. The van der Waals surface area contributed by atoms with Crippen molar-refractivity contribution in [3.63, 3.8) is 0 Å². The molecule has 0 atom stereocenters. The van der Waals surface area contributed by atoms with E-state index >= 15 is 0 Å². The predicted molar refractivity (Wildman–Crippen MR) is 88.3 cm³/mol. The largest absolute Gasteiger partial charge is 0.266 e. The van der Waals surface area contributed by atoms with Gasteiger partial charge in [0.25, 0.3) is 10.0 Å². The van der Waals surface area contributed by atoms with Crippen LogP contribution < -0.4 is 4.31 Å². The molecule has 21 heavy (non-hydrogen) atoms. The smallest absolute Gasteiger partial charge is 0.265 e. The zero-order valence-electron chi connectivity index (χ0n) is 11.9. The van der Waals surface area contributed by atoms with Crippen LogP contribution in [-0.4, -0.2) is 15.0 Å². The van der Waals surface area contributed by atoms with Crippen molar-refractivity contribution >= 4 is 31.6 Å². The van der Waals surface area contributed by atoms with E-state index in [1.807, 2.05) is 44.2 Å². The van der Waals surface area contributed by atoms with Gasteiger partial charge in [-0.2, -0.15) is 0 Å². The summed E-state index contributed by atoms with van der Waals surface area (Å²) in [6.07, 6.45) is 0.762. The van der Waals surface area contributed by atoms with Gasteiger partial charge in [0.1, 0.15) is 4.90 Å². The molecule has 0 saturated heterocycles. The van der Waals surface area contributed by atoms with Crippen LogP contribution >= 0.6 is 15.9 Å². The first-order valence-electron chi connectivity index (χ1n) is 6.78. The summed E-state index contributed by atoms with van der Waals surface area (Å²) in [6, 6.07) is 11.3. The van der Waals surface area contributed by atoms with E-state index in [9.17, 15) is 8.42 Å². The van der Waals surface area contributed by atoms with Crippen molar-refractivity contribution in [1.29, 1.82) is 0 Å². The minimum atomic E-state index is -3.54. The second-order valence-electron chi connectivity index (χ2n) is 5.32. The Labute approximate surface area is 133 Å². The average Bonchev–Trinajstić information content (AvgIpc) is 2.87. The van der Waals surface area contributed by atoms with Crippen molar-refractivity contribution in [1.82, 2.24) is 0 Å². The molecule has 0 amide bonds. The Morgan fingerprint density at radius 1 is 1.10 bits per heavy atom. The van der Waals surface area contributed by atoms with Crippen LogP contribution in [0.5, 0.6) is 0 Å². The first-order valence-corrected chi connectivity index (χ1v) is 9.02. The molecule has 0 N–H and O–H groups in total. The molecular weight excluding hydrogens is 350 g/mol. The number of benzene rings is 2. The van der Waals surface area contributed by atoms with Crippen molar-refractivity contribution in [2.75, 3.05) is 10.8 Å². The summed E-state index contributed by atoms with van der Waals surface area (Å²) >= 11 is 3.40. The molecule has 5 heteroatoms. The van der Waals surface area contributed by atoms with E-state index in [4.69, 9.17) is 0 Å². The van der Waals surface area contributed by atoms with Gasteiger partial charge in [-0.25, -0.2) is 8.42 Å². The summed E-state index contributed by atoms with van der Waals surface area (Å²) < 4.78 is 28.1. The number of anilines is 1. The number of hydrogen-bond donors (Lipinski definition) is 0. The van der Waals surface area contributed by atoms with E-state index in [0.717, 1.165) is 28.8 Å². The Bertz CT molecular complexity index is 815. The lowest BCUT2D eigenvalue weighted by molar-refractivity contribution is 0.591. The Morgan fingerprint density at radius 2 is 1.76 bits per heavy atom. The lowest BCUT2D eigenvalue weighted by atomic mass is 10.1. The van der Waals surface area contributed by atoms with Gasteiger partial charge in [0, 0.05) is 11.0 Å².